The van der Waals surface area contributed by atoms with Crippen molar-refractivity contribution in [2.75, 3.05) is 31.6 Å². The van der Waals surface area contributed by atoms with Crippen LogP contribution < -0.4 is 5.32 Å². The second-order valence-electron chi connectivity index (χ2n) is 7.34. The number of piperidine rings is 1. The molecule has 0 saturated carbocycles. The molecule has 8 heteroatoms. The number of hydrogen-bond donors (Lipinski definition) is 1. The first-order chi connectivity index (χ1) is 12.0. The van der Waals surface area contributed by atoms with Crippen LogP contribution in [0.4, 0.5) is 5.13 Å². The number of aromatic nitrogens is 2. The highest BCUT2D eigenvalue weighted by Crippen LogP contribution is 2.31. The normalized spacial score (nSPS) is 28.1. The van der Waals surface area contributed by atoms with Gasteiger partial charge in [0.05, 0.1) is 11.4 Å². The third kappa shape index (κ3) is 5.31. The van der Waals surface area contributed by atoms with Gasteiger partial charge in [0.2, 0.25) is 11.0 Å². The number of anilines is 1. The van der Waals surface area contributed by atoms with Gasteiger partial charge in [-0.05, 0) is 38.0 Å². The molecule has 4 atom stereocenters. The van der Waals surface area contributed by atoms with Crippen molar-refractivity contribution < 1.29 is 9.53 Å². The number of carbonyl (C=O) groups is 1. The highest BCUT2D eigenvalue weighted by Gasteiger charge is 2.29. The Hall–Kier alpha value is -0.860. The molecule has 0 aromatic carbocycles. The fourth-order valence-electron chi connectivity index (χ4n) is 3.64. The topological polar surface area (TPSA) is 67.4 Å². The average Bonchev–Trinajstić information content (AvgIpc) is 3.22. The van der Waals surface area contributed by atoms with Gasteiger partial charge in [0.25, 0.3) is 0 Å². The van der Waals surface area contributed by atoms with Gasteiger partial charge in [-0.1, -0.05) is 36.9 Å². The van der Waals surface area contributed by atoms with E-state index in [0.29, 0.717) is 11.8 Å². The largest absolute Gasteiger partial charge is 0.376 e. The molecule has 0 aliphatic carbocycles. The summed E-state index contributed by atoms with van der Waals surface area (Å²) in [7, 11) is 0. The zero-order valence-electron chi connectivity index (χ0n) is 15.2. The Labute approximate surface area is 158 Å². The fourth-order valence-corrected chi connectivity index (χ4v) is 5.62. The first-order valence-electron chi connectivity index (χ1n) is 9.15. The number of ether oxygens (including phenoxy) is 1. The molecule has 3 rings (SSSR count). The van der Waals surface area contributed by atoms with Crippen LogP contribution in [-0.4, -0.2) is 58.6 Å². The second-order valence-corrected chi connectivity index (χ2v) is 9.90. The van der Waals surface area contributed by atoms with E-state index in [1.54, 1.807) is 0 Å². The molecular weight excluding hydrogens is 356 g/mol. The molecule has 25 heavy (non-hydrogen) atoms. The Balaban J connectivity index is 1.48. The highest BCUT2D eigenvalue weighted by molar-refractivity contribution is 8.02. The fraction of sp³-hybridized carbons (Fsp3) is 0.824. The average molecular weight is 385 g/mol. The Morgan fingerprint density at radius 2 is 2.16 bits per heavy atom. The molecule has 2 fully saturated rings. The number of nitrogens with zero attached hydrogens (tertiary/aromatic N) is 3. The van der Waals surface area contributed by atoms with Gasteiger partial charge in [0, 0.05) is 26.2 Å². The van der Waals surface area contributed by atoms with E-state index in [9.17, 15) is 4.79 Å². The lowest BCUT2D eigenvalue weighted by Gasteiger charge is -2.36. The number of nitrogens with one attached hydrogen (secondary N) is 1. The molecule has 0 bridgehead atoms. The van der Waals surface area contributed by atoms with E-state index < -0.39 is 0 Å². The van der Waals surface area contributed by atoms with Gasteiger partial charge in [-0.25, -0.2) is 0 Å². The molecule has 0 spiro atoms. The van der Waals surface area contributed by atoms with Crippen LogP contribution in [0.5, 0.6) is 0 Å². The maximum atomic E-state index is 12.7. The van der Waals surface area contributed by atoms with Crippen LogP contribution in [0.3, 0.4) is 0 Å². The molecule has 4 unspecified atom stereocenters. The molecule has 1 aromatic heterocycles. The third-order valence-electron chi connectivity index (χ3n) is 4.72. The summed E-state index contributed by atoms with van der Waals surface area (Å²) in [6, 6.07) is 0. The van der Waals surface area contributed by atoms with Crippen LogP contribution in [0.2, 0.25) is 0 Å². The standard InChI is InChI=1S/C17H28N4O2S2/c1-11-7-12(2)10-21(9-11)15(22)13(3)24-17-20-19-16(25-17)18-8-14-5-4-6-23-14/h11-14H,4-10H2,1-3H3,(H,18,19). The number of thioether (sulfide) groups is 1. The number of likely N-dealkylation sites (tertiary alicyclic amines) is 1. The molecule has 6 nitrogen and oxygen atoms in total. The maximum Gasteiger partial charge on any atom is 0.235 e. The van der Waals surface area contributed by atoms with Crippen molar-refractivity contribution in [3.63, 3.8) is 0 Å². The van der Waals surface area contributed by atoms with Crippen molar-refractivity contribution >= 4 is 34.1 Å². The van der Waals surface area contributed by atoms with Crippen molar-refractivity contribution in [3.05, 3.63) is 0 Å². The van der Waals surface area contributed by atoms with Crippen LogP contribution in [0.1, 0.15) is 40.0 Å². The summed E-state index contributed by atoms with van der Waals surface area (Å²) in [5.74, 6) is 1.38. The highest BCUT2D eigenvalue weighted by atomic mass is 32.2. The predicted octanol–water partition coefficient (Wildman–Crippen LogP) is 3.11. The van der Waals surface area contributed by atoms with E-state index >= 15 is 0 Å². The summed E-state index contributed by atoms with van der Waals surface area (Å²) >= 11 is 3.02. The van der Waals surface area contributed by atoms with E-state index in [0.717, 1.165) is 48.6 Å². The minimum Gasteiger partial charge on any atom is -0.376 e. The first kappa shape index (κ1) is 18.9. The van der Waals surface area contributed by atoms with Gasteiger partial charge in [0.1, 0.15) is 0 Å². The van der Waals surface area contributed by atoms with Crippen LogP contribution >= 0.6 is 23.1 Å². The van der Waals surface area contributed by atoms with Gasteiger partial charge in [-0.15, -0.1) is 10.2 Å². The summed E-state index contributed by atoms with van der Waals surface area (Å²) in [5.41, 5.74) is 0. The summed E-state index contributed by atoms with van der Waals surface area (Å²) in [6.07, 6.45) is 3.73. The molecule has 140 valence electrons. The summed E-state index contributed by atoms with van der Waals surface area (Å²) < 4.78 is 6.44. The molecule has 2 aliphatic rings. The Morgan fingerprint density at radius 1 is 1.40 bits per heavy atom. The molecule has 0 radical (unpaired) electrons. The van der Waals surface area contributed by atoms with Crippen LogP contribution in [-0.2, 0) is 9.53 Å². The van der Waals surface area contributed by atoms with Gasteiger partial charge in [0.15, 0.2) is 4.34 Å². The lowest BCUT2D eigenvalue weighted by Crippen LogP contribution is -2.45. The van der Waals surface area contributed by atoms with Gasteiger partial charge in [-0.2, -0.15) is 0 Å². The van der Waals surface area contributed by atoms with E-state index in [4.69, 9.17) is 4.74 Å². The molecule has 1 N–H and O–H groups in total. The minimum absolute atomic E-state index is 0.128. The van der Waals surface area contributed by atoms with Crippen LogP contribution in [0.25, 0.3) is 0 Å². The second kappa shape index (κ2) is 8.68. The quantitative estimate of drug-likeness (QED) is 0.760. The van der Waals surface area contributed by atoms with Gasteiger partial charge >= 0.3 is 0 Å². The summed E-state index contributed by atoms with van der Waals surface area (Å²) in [6.45, 7) is 9.80. The van der Waals surface area contributed by atoms with Crippen molar-refractivity contribution in [1.82, 2.24) is 15.1 Å². The van der Waals surface area contributed by atoms with Gasteiger partial charge < -0.3 is 15.0 Å². The number of rotatable bonds is 6. The van der Waals surface area contributed by atoms with Crippen molar-refractivity contribution in [2.24, 2.45) is 11.8 Å². The lowest BCUT2D eigenvalue weighted by molar-refractivity contribution is -0.132. The smallest absolute Gasteiger partial charge is 0.235 e. The van der Waals surface area contributed by atoms with E-state index in [1.807, 2.05) is 11.8 Å². The van der Waals surface area contributed by atoms with Crippen LogP contribution in [0, 0.1) is 11.8 Å². The Kier molecular flexibility index (Phi) is 6.57. The van der Waals surface area contributed by atoms with Crippen molar-refractivity contribution in [1.29, 1.82) is 0 Å². The predicted molar refractivity (Wildman–Crippen MR) is 102 cm³/mol. The Bertz CT molecular complexity index is 567. The Morgan fingerprint density at radius 3 is 2.84 bits per heavy atom. The zero-order valence-corrected chi connectivity index (χ0v) is 16.9. The molecule has 2 aliphatic heterocycles. The minimum atomic E-state index is -0.128. The molecule has 2 saturated heterocycles. The summed E-state index contributed by atoms with van der Waals surface area (Å²) in [4.78, 5) is 14.8. The molecular formula is C17H28N4O2S2. The van der Waals surface area contributed by atoms with Gasteiger partial charge in [-0.3, -0.25) is 4.79 Å². The third-order valence-corrected chi connectivity index (χ3v) is 6.77. The molecule has 3 heterocycles. The maximum absolute atomic E-state index is 12.7. The first-order valence-corrected chi connectivity index (χ1v) is 10.8. The monoisotopic (exact) mass is 384 g/mol. The lowest BCUT2D eigenvalue weighted by atomic mass is 9.92. The van der Waals surface area contributed by atoms with Crippen molar-refractivity contribution in [3.8, 4) is 0 Å². The summed E-state index contributed by atoms with van der Waals surface area (Å²) in [5, 5.41) is 12.4. The van der Waals surface area contributed by atoms with E-state index in [-0.39, 0.29) is 17.3 Å². The number of amides is 1. The van der Waals surface area contributed by atoms with E-state index in [1.165, 1.54) is 29.5 Å². The van der Waals surface area contributed by atoms with E-state index in [2.05, 4.69) is 29.4 Å². The van der Waals surface area contributed by atoms with Crippen LogP contribution in [0.15, 0.2) is 4.34 Å². The number of carbonyl (C=O) groups excluding carboxylic acids is 1. The molecule has 1 aromatic rings. The zero-order chi connectivity index (χ0) is 17.8. The number of hydrogen-bond acceptors (Lipinski definition) is 7. The SMILES string of the molecule is CC1CC(C)CN(C(=O)C(C)Sc2nnc(NCC3CCCO3)s2)C1. The molecule has 1 amide bonds. The van der Waals surface area contributed by atoms with Crippen molar-refractivity contribution in [2.45, 2.75) is 55.7 Å².